The predicted molar refractivity (Wildman–Crippen MR) is 82.4 cm³/mol. The van der Waals surface area contributed by atoms with E-state index in [-0.39, 0.29) is 17.3 Å². The first-order valence-corrected chi connectivity index (χ1v) is 6.89. The molecular formula is C17H11F2N3O2. The highest BCUT2D eigenvalue weighted by Crippen LogP contribution is 2.27. The Bertz CT molecular complexity index is 899. The molecule has 24 heavy (non-hydrogen) atoms. The van der Waals surface area contributed by atoms with Gasteiger partial charge in [-0.2, -0.15) is 0 Å². The van der Waals surface area contributed by atoms with Crippen LogP contribution in [0.3, 0.4) is 0 Å². The van der Waals surface area contributed by atoms with E-state index in [1.807, 2.05) is 0 Å². The third-order valence-corrected chi connectivity index (χ3v) is 3.14. The fraction of sp³-hybridized carbons (Fsp3) is 0. The molecule has 0 fully saturated rings. The van der Waals surface area contributed by atoms with Crippen LogP contribution in [0, 0.1) is 11.6 Å². The van der Waals surface area contributed by atoms with Crippen molar-refractivity contribution in [3.63, 3.8) is 0 Å². The average molecular weight is 327 g/mol. The van der Waals surface area contributed by atoms with Gasteiger partial charge in [0.1, 0.15) is 17.3 Å². The van der Waals surface area contributed by atoms with Gasteiger partial charge in [0.25, 0.3) is 5.91 Å². The van der Waals surface area contributed by atoms with Crippen molar-refractivity contribution in [1.82, 2.24) is 9.97 Å². The van der Waals surface area contributed by atoms with Gasteiger partial charge in [-0.1, -0.05) is 0 Å². The van der Waals surface area contributed by atoms with Crippen molar-refractivity contribution in [2.24, 2.45) is 5.73 Å². The quantitative estimate of drug-likeness (QED) is 0.797. The Morgan fingerprint density at radius 2 is 1.79 bits per heavy atom. The zero-order valence-electron chi connectivity index (χ0n) is 12.2. The van der Waals surface area contributed by atoms with Gasteiger partial charge in [0, 0.05) is 11.8 Å². The highest BCUT2D eigenvalue weighted by atomic mass is 19.1. The van der Waals surface area contributed by atoms with Crippen molar-refractivity contribution in [2.75, 3.05) is 0 Å². The average Bonchev–Trinajstić information content (AvgIpc) is 2.58. The zero-order chi connectivity index (χ0) is 17.1. The molecule has 0 spiro atoms. The summed E-state index contributed by atoms with van der Waals surface area (Å²) in [6, 6.07) is 10.7. The van der Waals surface area contributed by atoms with Crippen LogP contribution in [-0.2, 0) is 0 Å². The van der Waals surface area contributed by atoms with Gasteiger partial charge in [-0.15, -0.1) is 0 Å². The molecule has 0 atom stereocenters. The fourth-order valence-corrected chi connectivity index (χ4v) is 1.99. The lowest BCUT2D eigenvalue weighted by Crippen LogP contribution is -2.13. The molecule has 5 nitrogen and oxygen atoms in total. The number of benzene rings is 2. The number of halogens is 2. The fourth-order valence-electron chi connectivity index (χ4n) is 1.99. The molecular weight excluding hydrogens is 316 g/mol. The summed E-state index contributed by atoms with van der Waals surface area (Å²) in [5, 5.41) is 0. The van der Waals surface area contributed by atoms with Crippen molar-refractivity contribution in [3.8, 4) is 22.9 Å². The van der Waals surface area contributed by atoms with Crippen LogP contribution in [0.4, 0.5) is 8.78 Å². The Hall–Kier alpha value is -3.35. The Labute approximate surface area is 135 Å². The molecule has 1 aromatic heterocycles. The van der Waals surface area contributed by atoms with Crippen LogP contribution in [0.2, 0.25) is 0 Å². The number of primary amides is 1. The van der Waals surface area contributed by atoms with E-state index in [1.165, 1.54) is 48.7 Å². The zero-order valence-corrected chi connectivity index (χ0v) is 12.2. The van der Waals surface area contributed by atoms with E-state index >= 15 is 0 Å². The summed E-state index contributed by atoms with van der Waals surface area (Å²) in [4.78, 5) is 19.1. The number of aromatic nitrogens is 2. The SMILES string of the molecule is NC(=O)c1ccnc(-c2ccc(Oc3ccc(F)cc3)c(F)c2)n1. The van der Waals surface area contributed by atoms with Crippen LogP contribution in [0.15, 0.2) is 54.7 Å². The van der Waals surface area contributed by atoms with Gasteiger partial charge in [-0.3, -0.25) is 4.79 Å². The first-order chi connectivity index (χ1) is 11.5. The molecule has 0 saturated carbocycles. The number of rotatable bonds is 4. The lowest BCUT2D eigenvalue weighted by atomic mass is 10.2. The topological polar surface area (TPSA) is 78.1 Å². The standard InChI is InChI=1S/C17H11F2N3O2/c18-11-2-4-12(5-3-11)24-15-6-1-10(9-13(15)19)17-21-8-7-14(22-17)16(20)23/h1-9H,(H2,20,23). The van der Waals surface area contributed by atoms with Gasteiger partial charge in [0.05, 0.1) is 0 Å². The predicted octanol–water partition coefficient (Wildman–Crippen LogP) is 3.31. The highest BCUT2D eigenvalue weighted by Gasteiger charge is 2.11. The van der Waals surface area contributed by atoms with Crippen LogP contribution in [0.1, 0.15) is 10.5 Å². The number of hydrogen-bond donors (Lipinski definition) is 1. The Kier molecular flexibility index (Phi) is 4.15. The first-order valence-electron chi connectivity index (χ1n) is 6.89. The second-order valence-corrected chi connectivity index (χ2v) is 4.83. The van der Waals surface area contributed by atoms with E-state index in [0.29, 0.717) is 11.3 Å². The third kappa shape index (κ3) is 3.35. The lowest BCUT2D eigenvalue weighted by molar-refractivity contribution is 0.0995. The number of hydrogen-bond acceptors (Lipinski definition) is 4. The van der Waals surface area contributed by atoms with Crippen molar-refractivity contribution in [1.29, 1.82) is 0 Å². The lowest BCUT2D eigenvalue weighted by Gasteiger charge is -2.08. The van der Waals surface area contributed by atoms with E-state index in [4.69, 9.17) is 10.5 Å². The molecule has 0 saturated heterocycles. The first kappa shape index (κ1) is 15.5. The molecule has 3 aromatic rings. The van der Waals surface area contributed by atoms with Crippen molar-refractivity contribution in [2.45, 2.75) is 0 Å². The van der Waals surface area contributed by atoms with Crippen LogP contribution in [-0.4, -0.2) is 15.9 Å². The summed E-state index contributed by atoms with van der Waals surface area (Å²) < 4.78 is 32.4. The molecule has 0 aliphatic heterocycles. The second kappa shape index (κ2) is 6.41. The van der Waals surface area contributed by atoms with Crippen LogP contribution in [0.5, 0.6) is 11.5 Å². The van der Waals surface area contributed by atoms with Gasteiger partial charge in [0.15, 0.2) is 17.4 Å². The number of nitrogens with two attached hydrogens (primary N) is 1. The van der Waals surface area contributed by atoms with Gasteiger partial charge in [0.2, 0.25) is 0 Å². The van der Waals surface area contributed by atoms with E-state index in [9.17, 15) is 13.6 Å². The minimum atomic E-state index is -0.699. The molecule has 7 heteroatoms. The molecule has 1 heterocycles. The van der Waals surface area contributed by atoms with E-state index in [0.717, 1.165) is 0 Å². The summed E-state index contributed by atoms with van der Waals surface area (Å²) in [7, 11) is 0. The molecule has 0 aliphatic carbocycles. The maximum atomic E-state index is 14.2. The Balaban J connectivity index is 1.88. The van der Waals surface area contributed by atoms with Crippen LogP contribution < -0.4 is 10.5 Å². The normalized spacial score (nSPS) is 10.4. The van der Waals surface area contributed by atoms with Crippen LogP contribution in [0.25, 0.3) is 11.4 Å². The van der Waals surface area contributed by atoms with E-state index in [2.05, 4.69) is 9.97 Å². The van der Waals surface area contributed by atoms with Crippen molar-refractivity contribution in [3.05, 3.63) is 72.1 Å². The summed E-state index contributed by atoms with van der Waals surface area (Å²) in [5.74, 6) is -1.32. The minimum absolute atomic E-state index is 0.0311. The summed E-state index contributed by atoms with van der Waals surface area (Å²) in [5.41, 5.74) is 5.56. The summed E-state index contributed by atoms with van der Waals surface area (Å²) in [6.07, 6.45) is 1.36. The number of carbonyl (C=O) groups excluding carboxylic acids is 1. The molecule has 120 valence electrons. The second-order valence-electron chi connectivity index (χ2n) is 4.83. The maximum absolute atomic E-state index is 14.2. The Morgan fingerprint density at radius 3 is 2.46 bits per heavy atom. The summed E-state index contributed by atoms with van der Waals surface area (Å²) >= 11 is 0. The molecule has 0 aliphatic rings. The van der Waals surface area contributed by atoms with Gasteiger partial charge < -0.3 is 10.5 Å². The Morgan fingerprint density at radius 1 is 1.04 bits per heavy atom. The maximum Gasteiger partial charge on any atom is 0.267 e. The number of ether oxygens (including phenoxy) is 1. The molecule has 2 N–H and O–H groups in total. The molecule has 0 radical (unpaired) electrons. The van der Waals surface area contributed by atoms with E-state index in [1.54, 1.807) is 6.07 Å². The van der Waals surface area contributed by atoms with Gasteiger partial charge >= 0.3 is 0 Å². The van der Waals surface area contributed by atoms with Crippen LogP contribution >= 0.6 is 0 Å². The minimum Gasteiger partial charge on any atom is -0.454 e. The monoisotopic (exact) mass is 327 g/mol. The van der Waals surface area contributed by atoms with Crippen molar-refractivity contribution < 1.29 is 18.3 Å². The highest BCUT2D eigenvalue weighted by molar-refractivity contribution is 5.91. The van der Waals surface area contributed by atoms with Gasteiger partial charge in [-0.25, -0.2) is 18.7 Å². The smallest absolute Gasteiger partial charge is 0.267 e. The molecule has 0 bridgehead atoms. The van der Waals surface area contributed by atoms with Gasteiger partial charge in [-0.05, 0) is 48.5 Å². The molecule has 2 aromatic carbocycles. The number of carbonyl (C=O) groups is 1. The molecule has 0 unspecified atom stereocenters. The number of amides is 1. The summed E-state index contributed by atoms with van der Waals surface area (Å²) in [6.45, 7) is 0. The number of nitrogens with zero attached hydrogens (tertiary/aromatic N) is 2. The van der Waals surface area contributed by atoms with E-state index < -0.39 is 17.5 Å². The molecule has 3 rings (SSSR count). The molecule has 1 amide bonds. The largest absolute Gasteiger partial charge is 0.454 e. The third-order valence-electron chi connectivity index (χ3n) is 3.14. The van der Waals surface area contributed by atoms with Crippen molar-refractivity contribution >= 4 is 5.91 Å².